The van der Waals surface area contributed by atoms with Gasteiger partial charge in [0, 0.05) is 6.04 Å². The van der Waals surface area contributed by atoms with Gasteiger partial charge in [-0.1, -0.05) is 49.0 Å². The fourth-order valence-corrected chi connectivity index (χ4v) is 2.94. The highest BCUT2D eigenvalue weighted by Gasteiger charge is 2.22. The lowest BCUT2D eigenvalue weighted by Crippen LogP contribution is -2.41. The lowest BCUT2D eigenvalue weighted by atomic mass is 9.86. The van der Waals surface area contributed by atoms with Gasteiger partial charge in [-0.2, -0.15) is 0 Å². The Balaban J connectivity index is 1.91. The molecule has 1 aromatic carbocycles. The van der Waals surface area contributed by atoms with Crippen LogP contribution in [0.4, 0.5) is 0 Å². The fourth-order valence-electron chi connectivity index (χ4n) is 2.62. The summed E-state index contributed by atoms with van der Waals surface area (Å²) in [6, 6.07) is 5.66. The Morgan fingerprint density at radius 3 is 2.68 bits per heavy atom. The Morgan fingerprint density at radius 2 is 2.00 bits per heavy atom. The van der Waals surface area contributed by atoms with Crippen molar-refractivity contribution in [3.63, 3.8) is 0 Å². The lowest BCUT2D eigenvalue weighted by molar-refractivity contribution is -0.121. The summed E-state index contributed by atoms with van der Waals surface area (Å²) in [6.07, 6.45) is 5.15. The Kier molecular flexibility index (Phi) is 5.12. The van der Waals surface area contributed by atoms with Gasteiger partial charge in [0.15, 0.2) is 0 Å². The minimum Gasteiger partial charge on any atom is -0.353 e. The van der Waals surface area contributed by atoms with Gasteiger partial charge in [-0.05, 0) is 36.5 Å². The molecule has 1 amide bonds. The van der Waals surface area contributed by atoms with Crippen molar-refractivity contribution in [2.45, 2.75) is 45.1 Å². The topological polar surface area (TPSA) is 29.1 Å². The third-order valence-electron chi connectivity index (χ3n) is 3.81. The molecular weight excluding hydrogens is 281 g/mol. The first-order valence-corrected chi connectivity index (χ1v) is 7.55. The summed E-state index contributed by atoms with van der Waals surface area (Å²) in [4.78, 5) is 12.0. The molecule has 1 aromatic rings. The van der Waals surface area contributed by atoms with E-state index in [0.29, 0.717) is 28.4 Å². The van der Waals surface area contributed by atoms with Gasteiger partial charge in [0.2, 0.25) is 5.91 Å². The van der Waals surface area contributed by atoms with Gasteiger partial charge in [-0.3, -0.25) is 4.79 Å². The van der Waals surface area contributed by atoms with Crippen LogP contribution in [0.25, 0.3) is 0 Å². The van der Waals surface area contributed by atoms with E-state index in [4.69, 9.17) is 23.2 Å². The second-order valence-electron chi connectivity index (χ2n) is 5.36. The zero-order valence-electron chi connectivity index (χ0n) is 11.1. The van der Waals surface area contributed by atoms with Crippen molar-refractivity contribution in [2.24, 2.45) is 5.92 Å². The summed E-state index contributed by atoms with van der Waals surface area (Å²) in [5, 5.41) is 4.15. The maximum atomic E-state index is 12.0. The molecule has 0 radical (unpaired) electrons. The van der Waals surface area contributed by atoms with Crippen molar-refractivity contribution in [1.29, 1.82) is 0 Å². The molecule has 1 aliphatic rings. The minimum absolute atomic E-state index is 0.0668. The van der Waals surface area contributed by atoms with Crippen LogP contribution in [0.15, 0.2) is 18.2 Å². The first kappa shape index (κ1) is 14.7. The largest absolute Gasteiger partial charge is 0.353 e. The van der Waals surface area contributed by atoms with Crippen LogP contribution in [-0.2, 0) is 11.2 Å². The monoisotopic (exact) mass is 299 g/mol. The number of rotatable bonds is 3. The van der Waals surface area contributed by atoms with Gasteiger partial charge in [0.05, 0.1) is 16.5 Å². The summed E-state index contributed by atoms with van der Waals surface area (Å²) >= 11 is 11.8. The number of hydrogen-bond acceptors (Lipinski definition) is 1. The van der Waals surface area contributed by atoms with Gasteiger partial charge in [-0.25, -0.2) is 0 Å². The minimum atomic E-state index is 0.0668. The van der Waals surface area contributed by atoms with Gasteiger partial charge < -0.3 is 5.32 Å². The molecule has 0 spiro atoms. The second-order valence-corrected chi connectivity index (χ2v) is 6.18. The molecule has 0 aromatic heterocycles. The zero-order valence-corrected chi connectivity index (χ0v) is 12.6. The molecule has 104 valence electrons. The van der Waals surface area contributed by atoms with Crippen molar-refractivity contribution in [3.05, 3.63) is 33.8 Å². The van der Waals surface area contributed by atoms with Crippen LogP contribution >= 0.6 is 23.2 Å². The Bertz CT molecular complexity index is 461. The number of benzene rings is 1. The summed E-state index contributed by atoms with van der Waals surface area (Å²) in [7, 11) is 0. The van der Waals surface area contributed by atoms with E-state index in [1.54, 1.807) is 12.1 Å². The van der Waals surface area contributed by atoms with E-state index in [2.05, 4.69) is 12.2 Å². The number of amides is 1. The summed E-state index contributed by atoms with van der Waals surface area (Å²) in [5.41, 5.74) is 0.898. The number of carbonyl (C=O) groups excluding carboxylic acids is 1. The van der Waals surface area contributed by atoms with Crippen LogP contribution in [0.1, 0.15) is 38.2 Å². The van der Waals surface area contributed by atoms with Gasteiger partial charge in [-0.15, -0.1) is 0 Å². The molecule has 2 nitrogen and oxygen atoms in total. The third kappa shape index (κ3) is 4.12. The molecule has 1 aliphatic carbocycles. The molecule has 0 heterocycles. The molecule has 0 aliphatic heterocycles. The highest BCUT2D eigenvalue weighted by Crippen LogP contribution is 2.25. The van der Waals surface area contributed by atoms with E-state index in [1.807, 2.05) is 6.07 Å². The number of hydrogen-bond donors (Lipinski definition) is 1. The molecule has 2 atom stereocenters. The molecule has 1 N–H and O–H groups in total. The number of nitrogens with one attached hydrogen (secondary N) is 1. The molecule has 4 heteroatoms. The normalized spacial score (nSPS) is 23.1. The average Bonchev–Trinajstić information content (AvgIpc) is 2.37. The second kappa shape index (κ2) is 6.62. The maximum absolute atomic E-state index is 12.0. The van der Waals surface area contributed by atoms with E-state index in [0.717, 1.165) is 12.0 Å². The van der Waals surface area contributed by atoms with Gasteiger partial charge >= 0.3 is 0 Å². The molecule has 2 unspecified atom stereocenters. The van der Waals surface area contributed by atoms with Crippen LogP contribution in [0.2, 0.25) is 10.0 Å². The SMILES string of the molecule is CC1CCCCC1NC(=O)Cc1ccc(Cl)c(Cl)c1. The highest BCUT2D eigenvalue weighted by molar-refractivity contribution is 6.42. The lowest BCUT2D eigenvalue weighted by Gasteiger charge is -2.29. The van der Waals surface area contributed by atoms with Gasteiger partial charge in [0.1, 0.15) is 0 Å². The van der Waals surface area contributed by atoms with Crippen molar-refractivity contribution in [1.82, 2.24) is 5.32 Å². The molecule has 1 saturated carbocycles. The van der Waals surface area contributed by atoms with Crippen LogP contribution in [0, 0.1) is 5.92 Å². The fraction of sp³-hybridized carbons (Fsp3) is 0.533. The van der Waals surface area contributed by atoms with Crippen LogP contribution in [-0.4, -0.2) is 11.9 Å². The van der Waals surface area contributed by atoms with Crippen LogP contribution in [0.5, 0.6) is 0 Å². The Hall–Kier alpha value is -0.730. The predicted molar refractivity (Wildman–Crippen MR) is 79.7 cm³/mol. The zero-order chi connectivity index (χ0) is 13.8. The molecule has 19 heavy (non-hydrogen) atoms. The quantitative estimate of drug-likeness (QED) is 0.889. The number of carbonyl (C=O) groups is 1. The number of halogens is 2. The summed E-state index contributed by atoms with van der Waals surface area (Å²) in [6.45, 7) is 2.21. The summed E-state index contributed by atoms with van der Waals surface area (Å²) < 4.78 is 0. The van der Waals surface area contributed by atoms with E-state index in [-0.39, 0.29) is 5.91 Å². The molecule has 2 rings (SSSR count). The van der Waals surface area contributed by atoms with Crippen molar-refractivity contribution in [2.75, 3.05) is 0 Å². The molecule has 0 bridgehead atoms. The van der Waals surface area contributed by atoms with Gasteiger partial charge in [0.25, 0.3) is 0 Å². The van der Waals surface area contributed by atoms with Crippen molar-refractivity contribution >= 4 is 29.1 Å². The van der Waals surface area contributed by atoms with Crippen molar-refractivity contribution in [3.8, 4) is 0 Å². The smallest absolute Gasteiger partial charge is 0.224 e. The molecule has 1 fully saturated rings. The highest BCUT2D eigenvalue weighted by atomic mass is 35.5. The first-order valence-electron chi connectivity index (χ1n) is 6.79. The predicted octanol–water partition coefficient (Wildman–Crippen LogP) is 4.23. The molecular formula is C15H19Cl2NO. The molecule has 0 saturated heterocycles. The Labute approximate surface area is 124 Å². The standard InChI is InChI=1S/C15H19Cl2NO/c1-10-4-2-3-5-14(10)18-15(19)9-11-6-7-12(16)13(17)8-11/h6-8,10,14H,2-5,9H2,1H3,(H,18,19). The van der Waals surface area contributed by atoms with Crippen molar-refractivity contribution < 1.29 is 4.79 Å². The Morgan fingerprint density at radius 1 is 1.26 bits per heavy atom. The first-order chi connectivity index (χ1) is 9.06. The van der Waals surface area contributed by atoms with E-state index in [1.165, 1.54) is 19.3 Å². The van der Waals surface area contributed by atoms with E-state index < -0.39 is 0 Å². The van der Waals surface area contributed by atoms with Crippen LogP contribution < -0.4 is 5.32 Å². The van der Waals surface area contributed by atoms with E-state index >= 15 is 0 Å². The third-order valence-corrected chi connectivity index (χ3v) is 4.55. The van der Waals surface area contributed by atoms with Crippen LogP contribution in [0.3, 0.4) is 0 Å². The maximum Gasteiger partial charge on any atom is 0.224 e. The van der Waals surface area contributed by atoms with E-state index in [9.17, 15) is 4.79 Å². The average molecular weight is 300 g/mol. The summed E-state index contributed by atoms with van der Waals surface area (Å²) in [5.74, 6) is 0.642.